The van der Waals surface area contributed by atoms with E-state index in [0.29, 0.717) is 22.7 Å². The number of nitrogens with one attached hydrogen (secondary N) is 2. The Labute approximate surface area is 164 Å². The number of anilines is 1. The number of halogens is 1. The number of carbonyl (C=O) groups is 1. The van der Waals surface area contributed by atoms with Gasteiger partial charge in [-0.05, 0) is 67.9 Å². The molecule has 3 aromatic rings. The van der Waals surface area contributed by atoms with Gasteiger partial charge in [0, 0.05) is 20.7 Å². The van der Waals surface area contributed by atoms with Crippen LogP contribution in [0.3, 0.4) is 0 Å². The zero-order valence-electron chi connectivity index (χ0n) is 15.3. The summed E-state index contributed by atoms with van der Waals surface area (Å²) >= 11 is 0. The summed E-state index contributed by atoms with van der Waals surface area (Å²) < 4.78 is 18.0. The van der Waals surface area contributed by atoms with E-state index in [-0.39, 0.29) is 14.6 Å². The highest BCUT2D eigenvalue weighted by Crippen LogP contribution is 2.30. The summed E-state index contributed by atoms with van der Waals surface area (Å²) in [4.78, 5) is 26.1. The maximum absolute atomic E-state index is 13.0. The van der Waals surface area contributed by atoms with Crippen LogP contribution in [0.1, 0.15) is 34.1 Å². The average molecular weight is 384 g/mol. The zero-order chi connectivity index (χ0) is 19.5. The molecule has 2 aromatic carbocycles. The predicted molar refractivity (Wildman–Crippen MR) is 110 cm³/mol. The standard InChI is InChI=1S/C22H21FN2O3.2H2/c23-17-7-5-15(6-8-17)11-14-1-3-16(4-2-14)12-21(26)24-18-9-10-19-20(13-18)28-22(27)25-19;;/h5-10,12-14H,1-4,11H2,(H,24,26)(H,25,27);2*1H. The summed E-state index contributed by atoms with van der Waals surface area (Å²) in [7, 11) is 0. The lowest BCUT2D eigenvalue weighted by molar-refractivity contribution is -0.112. The molecule has 28 heavy (non-hydrogen) atoms. The Morgan fingerprint density at radius 3 is 2.71 bits per heavy atom. The normalized spacial score (nSPS) is 16.9. The van der Waals surface area contributed by atoms with E-state index in [2.05, 4.69) is 10.3 Å². The van der Waals surface area contributed by atoms with Crippen molar-refractivity contribution < 1.29 is 16.5 Å². The van der Waals surface area contributed by atoms with Gasteiger partial charge in [-0.25, -0.2) is 9.18 Å². The van der Waals surface area contributed by atoms with Crippen LogP contribution >= 0.6 is 0 Å². The van der Waals surface area contributed by atoms with Gasteiger partial charge >= 0.3 is 5.76 Å². The van der Waals surface area contributed by atoms with E-state index in [1.54, 1.807) is 24.3 Å². The Balaban J connectivity index is 0.00000160. The molecular formula is C22H25FN2O3. The lowest BCUT2D eigenvalue weighted by atomic mass is 9.82. The van der Waals surface area contributed by atoms with Crippen LogP contribution in [0, 0.1) is 11.7 Å². The molecule has 5 nitrogen and oxygen atoms in total. The molecule has 2 N–H and O–H groups in total. The summed E-state index contributed by atoms with van der Waals surface area (Å²) in [5, 5.41) is 2.82. The number of aromatic amines is 1. The highest BCUT2D eigenvalue weighted by molar-refractivity contribution is 6.00. The quantitative estimate of drug-likeness (QED) is 0.618. The summed E-state index contributed by atoms with van der Waals surface area (Å²) in [6.45, 7) is 0. The van der Waals surface area contributed by atoms with Gasteiger partial charge in [0.05, 0.1) is 5.52 Å². The molecule has 4 rings (SSSR count). The van der Waals surface area contributed by atoms with Gasteiger partial charge in [-0.2, -0.15) is 0 Å². The molecule has 1 aromatic heterocycles. The number of aromatic nitrogens is 1. The molecule has 0 radical (unpaired) electrons. The first-order valence-electron chi connectivity index (χ1n) is 9.43. The van der Waals surface area contributed by atoms with Crippen molar-refractivity contribution in [1.29, 1.82) is 0 Å². The summed E-state index contributed by atoms with van der Waals surface area (Å²) in [6.07, 6.45) is 6.46. The number of fused-ring (bicyclic) bond motifs is 1. The van der Waals surface area contributed by atoms with Crippen molar-refractivity contribution in [2.24, 2.45) is 5.92 Å². The van der Waals surface area contributed by atoms with Crippen LogP contribution in [-0.4, -0.2) is 10.9 Å². The number of carbonyl (C=O) groups excluding carboxylic acids is 1. The first kappa shape index (κ1) is 18.2. The van der Waals surface area contributed by atoms with Crippen LogP contribution in [-0.2, 0) is 11.2 Å². The molecule has 1 heterocycles. The smallest absolute Gasteiger partial charge is 0.408 e. The zero-order valence-corrected chi connectivity index (χ0v) is 15.3. The Kier molecular flexibility index (Phi) is 5.10. The number of benzene rings is 2. The second kappa shape index (κ2) is 7.84. The third-order valence-electron chi connectivity index (χ3n) is 5.21. The minimum absolute atomic E-state index is 0. The molecule has 1 aliphatic rings. The van der Waals surface area contributed by atoms with Gasteiger partial charge in [0.1, 0.15) is 5.82 Å². The van der Waals surface area contributed by atoms with Crippen molar-refractivity contribution >= 4 is 22.7 Å². The summed E-state index contributed by atoms with van der Waals surface area (Å²) in [6, 6.07) is 11.7. The fourth-order valence-electron chi connectivity index (χ4n) is 3.74. The summed E-state index contributed by atoms with van der Waals surface area (Å²) in [5.74, 6) is -0.340. The van der Waals surface area contributed by atoms with Gasteiger partial charge in [0.2, 0.25) is 5.91 Å². The number of amides is 1. The third kappa shape index (κ3) is 4.39. The van der Waals surface area contributed by atoms with Gasteiger partial charge in [0.25, 0.3) is 0 Å². The molecule has 1 saturated carbocycles. The molecule has 0 unspecified atom stereocenters. The van der Waals surface area contributed by atoms with Crippen molar-refractivity contribution in [2.75, 3.05) is 5.32 Å². The van der Waals surface area contributed by atoms with Crippen molar-refractivity contribution in [2.45, 2.75) is 32.1 Å². The van der Waals surface area contributed by atoms with Gasteiger partial charge < -0.3 is 9.73 Å². The lowest BCUT2D eigenvalue weighted by Crippen LogP contribution is -2.14. The Morgan fingerprint density at radius 2 is 1.96 bits per heavy atom. The van der Waals surface area contributed by atoms with Crippen LogP contribution in [0.2, 0.25) is 0 Å². The first-order valence-corrected chi connectivity index (χ1v) is 9.43. The fraction of sp³-hybridized carbons (Fsp3) is 0.273. The molecule has 0 bridgehead atoms. The van der Waals surface area contributed by atoms with E-state index in [0.717, 1.165) is 43.2 Å². The minimum Gasteiger partial charge on any atom is -0.408 e. The number of H-pyrrole nitrogens is 1. The topological polar surface area (TPSA) is 75.1 Å². The van der Waals surface area contributed by atoms with Crippen molar-refractivity contribution in [1.82, 2.24) is 4.98 Å². The number of hydrogen-bond donors (Lipinski definition) is 2. The Bertz CT molecular complexity index is 1080. The van der Waals surface area contributed by atoms with Crippen molar-refractivity contribution in [3.05, 3.63) is 76.0 Å². The molecule has 0 saturated heterocycles. The predicted octanol–water partition coefficient (Wildman–Crippen LogP) is 5.05. The van der Waals surface area contributed by atoms with Gasteiger partial charge in [-0.15, -0.1) is 0 Å². The molecule has 6 heteroatoms. The molecule has 148 valence electrons. The van der Waals surface area contributed by atoms with Crippen LogP contribution < -0.4 is 11.1 Å². The molecular weight excluding hydrogens is 359 g/mol. The largest absolute Gasteiger partial charge is 0.417 e. The number of hydrogen-bond acceptors (Lipinski definition) is 3. The van der Waals surface area contributed by atoms with E-state index in [9.17, 15) is 14.0 Å². The third-order valence-corrected chi connectivity index (χ3v) is 5.21. The van der Waals surface area contributed by atoms with E-state index < -0.39 is 5.76 Å². The van der Waals surface area contributed by atoms with Crippen LogP contribution in [0.15, 0.2) is 63.3 Å². The van der Waals surface area contributed by atoms with Crippen molar-refractivity contribution in [3.63, 3.8) is 0 Å². The average Bonchev–Trinajstić information content (AvgIpc) is 3.04. The second-order valence-electron chi connectivity index (χ2n) is 7.29. The Hall–Kier alpha value is -3.15. The van der Waals surface area contributed by atoms with E-state index in [1.807, 2.05) is 12.1 Å². The maximum Gasteiger partial charge on any atom is 0.417 e. The monoisotopic (exact) mass is 384 g/mol. The SMILES string of the molecule is O=C(C=C1CCC(Cc2ccc(F)cc2)CC1)Nc1ccc2[nH]c(=O)oc2c1.[HH].[HH]. The number of rotatable bonds is 4. The molecule has 1 fully saturated rings. The van der Waals surface area contributed by atoms with E-state index in [4.69, 9.17) is 4.42 Å². The number of allylic oxidation sites excluding steroid dienone is 1. The van der Waals surface area contributed by atoms with Crippen LogP contribution in [0.5, 0.6) is 0 Å². The fourth-order valence-corrected chi connectivity index (χ4v) is 3.74. The Morgan fingerprint density at radius 1 is 1.21 bits per heavy atom. The lowest BCUT2D eigenvalue weighted by Gasteiger charge is -2.24. The highest BCUT2D eigenvalue weighted by Gasteiger charge is 2.18. The molecule has 1 aliphatic carbocycles. The van der Waals surface area contributed by atoms with E-state index in [1.165, 1.54) is 12.1 Å². The molecule has 0 spiro atoms. The molecule has 1 amide bonds. The minimum atomic E-state index is -0.516. The van der Waals surface area contributed by atoms with Crippen LogP contribution in [0.25, 0.3) is 11.1 Å². The van der Waals surface area contributed by atoms with Gasteiger partial charge in [-0.3, -0.25) is 9.78 Å². The molecule has 0 aliphatic heterocycles. The second-order valence-corrected chi connectivity index (χ2v) is 7.29. The first-order chi connectivity index (χ1) is 13.5. The van der Waals surface area contributed by atoms with Gasteiger partial charge in [0.15, 0.2) is 5.58 Å². The summed E-state index contributed by atoms with van der Waals surface area (Å²) in [5.41, 5.74) is 3.89. The molecule has 0 atom stereocenters. The number of oxazole rings is 1. The van der Waals surface area contributed by atoms with Crippen molar-refractivity contribution in [3.8, 4) is 0 Å². The highest BCUT2D eigenvalue weighted by atomic mass is 19.1. The van der Waals surface area contributed by atoms with Crippen LogP contribution in [0.4, 0.5) is 10.1 Å². The maximum atomic E-state index is 13.0. The van der Waals surface area contributed by atoms with Gasteiger partial charge in [-0.1, -0.05) is 17.7 Å². The van der Waals surface area contributed by atoms with E-state index >= 15 is 0 Å².